The number of carbonyl (C=O) groups excluding carboxylic acids is 1. The molecule has 1 atom stereocenters. The summed E-state index contributed by atoms with van der Waals surface area (Å²) in [5, 5.41) is 0. The number of ether oxygens (including phenoxy) is 1. The van der Waals surface area contributed by atoms with Crippen molar-refractivity contribution in [1.82, 2.24) is 14.5 Å². The van der Waals surface area contributed by atoms with E-state index in [2.05, 4.69) is 39.8 Å². The largest absolute Gasteiger partial charge is 0.494 e. The van der Waals surface area contributed by atoms with E-state index in [9.17, 15) is 9.18 Å². The van der Waals surface area contributed by atoms with Crippen LogP contribution in [0.15, 0.2) is 66.7 Å². The first-order valence-corrected chi connectivity index (χ1v) is 12.3. The van der Waals surface area contributed by atoms with E-state index >= 15 is 0 Å². The first kappa shape index (κ1) is 21.8. The van der Waals surface area contributed by atoms with Gasteiger partial charge < -0.3 is 14.2 Å². The third kappa shape index (κ3) is 4.18. The fraction of sp³-hybridized carbons (Fsp3) is 0.310. The summed E-state index contributed by atoms with van der Waals surface area (Å²) in [7, 11) is 1.67. The van der Waals surface area contributed by atoms with E-state index in [0.29, 0.717) is 11.8 Å². The summed E-state index contributed by atoms with van der Waals surface area (Å²) in [5.74, 6) is 2.39. The fourth-order valence-electron chi connectivity index (χ4n) is 5.17. The molecule has 1 saturated heterocycles. The number of hydrogen-bond acceptors (Lipinski definition) is 3. The Morgan fingerprint density at radius 3 is 2.34 bits per heavy atom. The lowest BCUT2D eigenvalue weighted by Gasteiger charge is -2.18. The van der Waals surface area contributed by atoms with E-state index in [1.807, 2.05) is 12.1 Å². The van der Waals surface area contributed by atoms with E-state index in [4.69, 9.17) is 9.72 Å². The molecule has 1 aliphatic heterocycles. The molecule has 2 fully saturated rings. The number of imidazole rings is 1. The zero-order valence-electron chi connectivity index (χ0n) is 19.8. The van der Waals surface area contributed by atoms with E-state index < -0.39 is 0 Å². The summed E-state index contributed by atoms with van der Waals surface area (Å²) in [6, 6.07) is 20.8. The number of benzene rings is 3. The van der Waals surface area contributed by atoms with E-state index in [1.54, 1.807) is 19.2 Å². The SMILES string of the molecule is COc1cccc2c1nc(-c1ccc(-c3ccc(F)cc3)cc1)n2C[C@H]1CCN(C(=O)C2CC2)C1. The van der Waals surface area contributed by atoms with Crippen molar-refractivity contribution in [3.05, 3.63) is 72.5 Å². The molecule has 2 heterocycles. The van der Waals surface area contributed by atoms with Gasteiger partial charge in [-0.2, -0.15) is 0 Å². The van der Waals surface area contributed by atoms with Gasteiger partial charge in [0.05, 0.1) is 12.6 Å². The number of likely N-dealkylation sites (tertiary alicyclic amines) is 1. The molecular formula is C29H28FN3O2. The molecule has 0 radical (unpaired) electrons. The molecule has 1 aromatic heterocycles. The predicted molar refractivity (Wildman–Crippen MR) is 135 cm³/mol. The molecule has 0 unspecified atom stereocenters. The normalized spacial score (nSPS) is 17.8. The lowest BCUT2D eigenvalue weighted by Crippen LogP contribution is -2.30. The Balaban J connectivity index is 1.34. The molecule has 5 nitrogen and oxygen atoms in total. The maximum atomic E-state index is 13.3. The summed E-state index contributed by atoms with van der Waals surface area (Å²) in [5.41, 5.74) is 4.89. The lowest BCUT2D eigenvalue weighted by atomic mass is 10.0. The zero-order chi connectivity index (χ0) is 23.9. The van der Waals surface area contributed by atoms with Gasteiger partial charge in [-0.1, -0.05) is 42.5 Å². The van der Waals surface area contributed by atoms with Crippen molar-refractivity contribution >= 4 is 16.9 Å². The van der Waals surface area contributed by atoms with E-state index in [1.165, 1.54) is 12.1 Å². The van der Waals surface area contributed by atoms with Crippen molar-refractivity contribution in [3.8, 4) is 28.3 Å². The van der Waals surface area contributed by atoms with Gasteiger partial charge in [-0.05, 0) is 60.6 Å². The molecule has 178 valence electrons. The van der Waals surface area contributed by atoms with Crippen molar-refractivity contribution in [2.75, 3.05) is 20.2 Å². The third-order valence-electron chi connectivity index (χ3n) is 7.25. The molecule has 6 heteroatoms. The summed E-state index contributed by atoms with van der Waals surface area (Å²) in [4.78, 5) is 19.6. The first-order chi connectivity index (χ1) is 17.1. The maximum absolute atomic E-state index is 13.3. The number of amides is 1. The van der Waals surface area contributed by atoms with Crippen LogP contribution in [0, 0.1) is 17.7 Å². The van der Waals surface area contributed by atoms with Gasteiger partial charge in [-0.25, -0.2) is 9.37 Å². The predicted octanol–water partition coefficient (Wildman–Crippen LogP) is 5.78. The highest BCUT2D eigenvalue weighted by Gasteiger charge is 2.36. The molecule has 4 aromatic rings. The van der Waals surface area contributed by atoms with Crippen LogP contribution in [0.2, 0.25) is 0 Å². The van der Waals surface area contributed by atoms with Crippen LogP contribution in [0.25, 0.3) is 33.5 Å². The van der Waals surface area contributed by atoms with Crippen LogP contribution >= 0.6 is 0 Å². The van der Waals surface area contributed by atoms with Crippen LogP contribution in [0.4, 0.5) is 4.39 Å². The highest BCUT2D eigenvalue weighted by Crippen LogP contribution is 2.35. The molecule has 1 aliphatic carbocycles. The molecule has 3 aromatic carbocycles. The second-order valence-corrected chi connectivity index (χ2v) is 9.67. The second-order valence-electron chi connectivity index (χ2n) is 9.67. The van der Waals surface area contributed by atoms with Gasteiger partial charge in [0.15, 0.2) is 0 Å². The molecule has 0 N–H and O–H groups in total. The minimum Gasteiger partial charge on any atom is -0.494 e. The number of hydrogen-bond donors (Lipinski definition) is 0. The number of aromatic nitrogens is 2. The molecule has 2 aliphatic rings. The summed E-state index contributed by atoms with van der Waals surface area (Å²) in [6.07, 6.45) is 3.10. The quantitative estimate of drug-likeness (QED) is 0.360. The van der Waals surface area contributed by atoms with Crippen LogP contribution in [-0.4, -0.2) is 40.6 Å². The number of fused-ring (bicyclic) bond motifs is 1. The summed E-state index contributed by atoms with van der Waals surface area (Å²) < 4.78 is 21.2. The number of halogens is 1. The Morgan fingerprint density at radius 2 is 1.66 bits per heavy atom. The maximum Gasteiger partial charge on any atom is 0.225 e. The number of nitrogens with zero attached hydrogens (tertiary/aromatic N) is 3. The van der Waals surface area contributed by atoms with Crippen LogP contribution in [0.1, 0.15) is 19.3 Å². The number of rotatable bonds is 6. The first-order valence-electron chi connectivity index (χ1n) is 12.3. The highest BCUT2D eigenvalue weighted by atomic mass is 19.1. The minimum atomic E-state index is -0.239. The third-order valence-corrected chi connectivity index (χ3v) is 7.25. The smallest absolute Gasteiger partial charge is 0.225 e. The van der Waals surface area contributed by atoms with Crippen molar-refractivity contribution in [3.63, 3.8) is 0 Å². The van der Waals surface area contributed by atoms with E-state index in [-0.39, 0.29) is 11.7 Å². The van der Waals surface area contributed by atoms with Crippen molar-refractivity contribution < 1.29 is 13.9 Å². The van der Waals surface area contributed by atoms with E-state index in [0.717, 1.165) is 78.2 Å². The van der Waals surface area contributed by atoms with Crippen molar-refractivity contribution in [2.45, 2.75) is 25.8 Å². The van der Waals surface area contributed by atoms with Gasteiger partial charge in [0, 0.05) is 31.1 Å². The van der Waals surface area contributed by atoms with Gasteiger partial charge in [-0.3, -0.25) is 4.79 Å². The second kappa shape index (κ2) is 8.84. The zero-order valence-corrected chi connectivity index (χ0v) is 19.8. The summed E-state index contributed by atoms with van der Waals surface area (Å²) >= 11 is 0. The van der Waals surface area contributed by atoms with Crippen LogP contribution in [0.5, 0.6) is 5.75 Å². The van der Waals surface area contributed by atoms with Crippen LogP contribution in [-0.2, 0) is 11.3 Å². The average molecular weight is 470 g/mol. The van der Waals surface area contributed by atoms with Gasteiger partial charge in [0.2, 0.25) is 5.91 Å². The Hall–Kier alpha value is -3.67. The van der Waals surface area contributed by atoms with Crippen molar-refractivity contribution in [1.29, 1.82) is 0 Å². The number of para-hydroxylation sites is 1. The summed E-state index contributed by atoms with van der Waals surface area (Å²) in [6.45, 7) is 2.45. The van der Waals surface area contributed by atoms with Crippen molar-refractivity contribution in [2.24, 2.45) is 11.8 Å². The molecule has 6 rings (SSSR count). The minimum absolute atomic E-state index is 0.239. The molecule has 0 bridgehead atoms. The Kier molecular flexibility index (Phi) is 5.51. The monoisotopic (exact) mass is 469 g/mol. The van der Waals surface area contributed by atoms with Crippen LogP contribution < -0.4 is 4.74 Å². The van der Waals surface area contributed by atoms with Gasteiger partial charge in [0.1, 0.15) is 22.9 Å². The Morgan fingerprint density at radius 1 is 0.971 bits per heavy atom. The van der Waals surface area contributed by atoms with Gasteiger partial charge >= 0.3 is 0 Å². The standard InChI is InChI=1S/C29H28FN3O2/c1-35-26-4-2-3-25-27(26)31-28(22-7-5-20(6-8-22)21-11-13-24(30)14-12-21)33(25)18-19-15-16-32(17-19)29(34)23-9-10-23/h2-8,11-14,19,23H,9-10,15-18H2,1H3/t19-/m0/s1. The average Bonchev–Trinajstić information content (AvgIpc) is 3.53. The fourth-order valence-corrected chi connectivity index (χ4v) is 5.17. The van der Waals surface area contributed by atoms with Gasteiger partial charge in [-0.15, -0.1) is 0 Å². The number of methoxy groups -OCH3 is 1. The molecule has 35 heavy (non-hydrogen) atoms. The van der Waals surface area contributed by atoms with Gasteiger partial charge in [0.25, 0.3) is 0 Å². The lowest BCUT2D eigenvalue weighted by molar-refractivity contribution is -0.131. The Bertz CT molecular complexity index is 1370. The molecule has 1 amide bonds. The Labute approximate surface area is 204 Å². The molecular weight excluding hydrogens is 441 g/mol. The van der Waals surface area contributed by atoms with Crippen LogP contribution in [0.3, 0.4) is 0 Å². The molecule has 1 saturated carbocycles. The number of carbonyl (C=O) groups is 1. The topological polar surface area (TPSA) is 47.4 Å². The molecule has 0 spiro atoms. The highest BCUT2D eigenvalue weighted by molar-refractivity contribution is 5.86.